The maximum Gasteiger partial charge on any atom is 0.163 e. The molecule has 0 aliphatic carbocycles. The van der Waals surface area contributed by atoms with Gasteiger partial charge in [0.25, 0.3) is 0 Å². The first-order valence-corrected chi connectivity index (χ1v) is 6.39. The third-order valence-electron chi connectivity index (χ3n) is 3.06. The van der Waals surface area contributed by atoms with Crippen LogP contribution in [0.4, 0.5) is 11.5 Å². The van der Waals surface area contributed by atoms with Crippen LogP contribution in [0.1, 0.15) is 5.56 Å². The lowest BCUT2D eigenvalue weighted by atomic mass is 10.2. The topological polar surface area (TPSA) is 75.9 Å². The van der Waals surface area contributed by atoms with Gasteiger partial charge in [-0.1, -0.05) is 17.7 Å². The van der Waals surface area contributed by atoms with E-state index in [9.17, 15) is 0 Å². The Hall–Kier alpha value is -2.47. The van der Waals surface area contributed by atoms with E-state index in [0.29, 0.717) is 18.0 Å². The highest BCUT2D eigenvalue weighted by molar-refractivity contribution is 5.88. The normalized spacial score (nSPS) is 10.9. The average Bonchev–Trinajstić information content (AvgIpc) is 2.86. The van der Waals surface area contributed by atoms with Gasteiger partial charge in [0.15, 0.2) is 5.65 Å². The zero-order valence-corrected chi connectivity index (χ0v) is 11.1. The van der Waals surface area contributed by atoms with E-state index in [1.165, 1.54) is 11.9 Å². The van der Waals surface area contributed by atoms with Gasteiger partial charge in [-0.2, -0.15) is 5.10 Å². The van der Waals surface area contributed by atoms with Gasteiger partial charge in [0.05, 0.1) is 24.7 Å². The molecule has 0 atom stereocenters. The van der Waals surface area contributed by atoms with Crippen LogP contribution in [0.3, 0.4) is 0 Å². The summed E-state index contributed by atoms with van der Waals surface area (Å²) in [6.07, 6.45) is 3.20. The van der Waals surface area contributed by atoms with Gasteiger partial charge in [-0.25, -0.2) is 14.6 Å². The molecule has 2 heterocycles. The first-order chi connectivity index (χ1) is 9.78. The van der Waals surface area contributed by atoms with Gasteiger partial charge in [-0.05, 0) is 19.1 Å². The molecule has 0 fully saturated rings. The molecule has 0 radical (unpaired) electrons. The first kappa shape index (κ1) is 12.6. The van der Waals surface area contributed by atoms with Crippen molar-refractivity contribution in [2.24, 2.45) is 0 Å². The van der Waals surface area contributed by atoms with Crippen LogP contribution >= 0.6 is 0 Å². The van der Waals surface area contributed by atoms with Gasteiger partial charge < -0.3 is 10.4 Å². The van der Waals surface area contributed by atoms with Crippen LogP contribution in [-0.2, 0) is 6.54 Å². The molecule has 6 heteroatoms. The van der Waals surface area contributed by atoms with Crippen molar-refractivity contribution in [1.29, 1.82) is 0 Å². The van der Waals surface area contributed by atoms with E-state index < -0.39 is 0 Å². The Labute approximate surface area is 116 Å². The summed E-state index contributed by atoms with van der Waals surface area (Å²) in [4.78, 5) is 8.47. The van der Waals surface area contributed by atoms with E-state index in [1.54, 1.807) is 10.9 Å². The van der Waals surface area contributed by atoms with Gasteiger partial charge in [-0.3, -0.25) is 0 Å². The highest BCUT2D eigenvalue weighted by Gasteiger charge is 2.09. The lowest BCUT2D eigenvalue weighted by molar-refractivity contribution is 0.271. The molecule has 2 aromatic heterocycles. The molecule has 0 amide bonds. The van der Waals surface area contributed by atoms with Crippen LogP contribution in [0.15, 0.2) is 36.8 Å². The number of nitrogens with zero attached hydrogens (tertiary/aromatic N) is 4. The van der Waals surface area contributed by atoms with E-state index in [1.807, 2.05) is 31.2 Å². The first-order valence-electron chi connectivity index (χ1n) is 6.39. The minimum absolute atomic E-state index is 0.0293. The van der Waals surface area contributed by atoms with Gasteiger partial charge >= 0.3 is 0 Å². The molecule has 6 nitrogen and oxygen atoms in total. The summed E-state index contributed by atoms with van der Waals surface area (Å²) in [6, 6.07) is 8.08. The van der Waals surface area contributed by atoms with Crippen molar-refractivity contribution in [3.8, 4) is 0 Å². The fourth-order valence-corrected chi connectivity index (χ4v) is 2.02. The summed E-state index contributed by atoms with van der Waals surface area (Å²) in [7, 11) is 0. The van der Waals surface area contributed by atoms with Crippen molar-refractivity contribution in [3.63, 3.8) is 0 Å². The molecule has 1 aromatic carbocycles. The highest BCUT2D eigenvalue weighted by atomic mass is 16.3. The third kappa shape index (κ3) is 2.33. The van der Waals surface area contributed by atoms with E-state index in [-0.39, 0.29) is 6.61 Å². The standard InChI is InChI=1S/C14H15N5O/c1-10-2-4-11(5-3-10)18-13-12-8-17-19(6-7-20)14(12)16-9-15-13/h2-5,8-9,20H,6-7H2,1H3,(H,15,16,18). The quantitative estimate of drug-likeness (QED) is 0.756. The number of hydrogen-bond donors (Lipinski definition) is 2. The van der Waals surface area contributed by atoms with Gasteiger partial charge in [0, 0.05) is 5.69 Å². The van der Waals surface area contributed by atoms with Crippen LogP contribution in [0, 0.1) is 6.92 Å². The summed E-state index contributed by atoms with van der Waals surface area (Å²) < 4.78 is 1.66. The average molecular weight is 269 g/mol. The van der Waals surface area contributed by atoms with Crippen molar-refractivity contribution in [1.82, 2.24) is 19.7 Å². The molecule has 0 spiro atoms. The van der Waals surface area contributed by atoms with E-state index >= 15 is 0 Å². The number of fused-ring (bicyclic) bond motifs is 1. The molecule has 102 valence electrons. The second-order valence-electron chi connectivity index (χ2n) is 4.54. The smallest absolute Gasteiger partial charge is 0.163 e. The predicted octanol–water partition coefficient (Wildman–Crippen LogP) is 1.87. The number of aliphatic hydroxyl groups excluding tert-OH is 1. The van der Waals surface area contributed by atoms with Crippen LogP contribution in [0.25, 0.3) is 11.0 Å². The molecule has 0 saturated carbocycles. The molecule has 2 N–H and O–H groups in total. The molecule has 0 bridgehead atoms. The maximum atomic E-state index is 9.01. The zero-order chi connectivity index (χ0) is 13.9. The lowest BCUT2D eigenvalue weighted by Crippen LogP contribution is -2.04. The Balaban J connectivity index is 1.97. The summed E-state index contributed by atoms with van der Waals surface area (Å²) in [6.45, 7) is 2.50. The number of aryl methyl sites for hydroxylation is 1. The summed E-state index contributed by atoms with van der Waals surface area (Å²) >= 11 is 0. The molecule has 0 aliphatic heterocycles. The van der Waals surface area contributed by atoms with Crippen LogP contribution in [0.2, 0.25) is 0 Å². The molecule has 0 aliphatic rings. The molecule has 3 aromatic rings. The Bertz CT molecular complexity index is 720. The molecule has 20 heavy (non-hydrogen) atoms. The highest BCUT2D eigenvalue weighted by Crippen LogP contribution is 2.22. The fourth-order valence-electron chi connectivity index (χ4n) is 2.02. The van der Waals surface area contributed by atoms with Crippen molar-refractivity contribution in [2.45, 2.75) is 13.5 Å². The van der Waals surface area contributed by atoms with Crippen molar-refractivity contribution >= 4 is 22.5 Å². The number of aliphatic hydroxyl groups is 1. The second kappa shape index (κ2) is 5.26. The van der Waals surface area contributed by atoms with Gasteiger partial charge in [-0.15, -0.1) is 0 Å². The Morgan fingerprint density at radius 3 is 2.75 bits per heavy atom. The maximum absolute atomic E-state index is 9.01. The molecule has 0 saturated heterocycles. The van der Waals surface area contributed by atoms with Gasteiger partial charge in [0.2, 0.25) is 0 Å². The minimum atomic E-state index is 0.0293. The summed E-state index contributed by atoms with van der Waals surface area (Å²) in [5.41, 5.74) is 2.88. The van der Waals surface area contributed by atoms with Crippen LogP contribution in [0.5, 0.6) is 0 Å². The minimum Gasteiger partial charge on any atom is -0.394 e. The van der Waals surface area contributed by atoms with Crippen LogP contribution < -0.4 is 5.32 Å². The zero-order valence-electron chi connectivity index (χ0n) is 11.1. The number of benzene rings is 1. The monoisotopic (exact) mass is 269 g/mol. The Morgan fingerprint density at radius 1 is 1.20 bits per heavy atom. The number of aromatic nitrogens is 4. The number of rotatable bonds is 4. The predicted molar refractivity (Wildman–Crippen MR) is 76.9 cm³/mol. The molecule has 0 unspecified atom stereocenters. The SMILES string of the molecule is Cc1ccc(Nc2ncnc3c2cnn3CCO)cc1. The number of anilines is 2. The summed E-state index contributed by atoms with van der Waals surface area (Å²) in [5, 5.41) is 17.3. The molecular formula is C14H15N5O. The Morgan fingerprint density at radius 2 is 2.00 bits per heavy atom. The van der Waals surface area contributed by atoms with Crippen molar-refractivity contribution in [2.75, 3.05) is 11.9 Å². The molecular weight excluding hydrogens is 254 g/mol. The second-order valence-corrected chi connectivity index (χ2v) is 4.54. The largest absolute Gasteiger partial charge is 0.394 e. The third-order valence-corrected chi connectivity index (χ3v) is 3.06. The number of hydrogen-bond acceptors (Lipinski definition) is 5. The van der Waals surface area contributed by atoms with Crippen LogP contribution in [-0.4, -0.2) is 31.5 Å². The number of nitrogens with one attached hydrogen (secondary N) is 1. The van der Waals surface area contributed by atoms with Crippen molar-refractivity contribution in [3.05, 3.63) is 42.4 Å². The van der Waals surface area contributed by atoms with Crippen molar-refractivity contribution < 1.29 is 5.11 Å². The molecule has 3 rings (SSSR count). The summed E-state index contributed by atoms with van der Waals surface area (Å²) in [5.74, 6) is 0.711. The van der Waals surface area contributed by atoms with Gasteiger partial charge in [0.1, 0.15) is 12.1 Å². The lowest BCUT2D eigenvalue weighted by Gasteiger charge is -2.06. The van der Waals surface area contributed by atoms with E-state index in [2.05, 4.69) is 20.4 Å². The Kier molecular flexibility index (Phi) is 3.30. The fraction of sp³-hybridized carbons (Fsp3) is 0.214. The van der Waals surface area contributed by atoms with E-state index in [4.69, 9.17) is 5.11 Å². The van der Waals surface area contributed by atoms with E-state index in [0.717, 1.165) is 11.1 Å².